The van der Waals surface area contributed by atoms with Crippen molar-refractivity contribution in [3.63, 3.8) is 0 Å². The Morgan fingerprint density at radius 3 is 2.23 bits per heavy atom. The van der Waals surface area contributed by atoms with Gasteiger partial charge in [-0.05, 0) is 67.1 Å². The van der Waals surface area contributed by atoms with E-state index in [2.05, 4.69) is 98.7 Å². The highest BCUT2D eigenvalue weighted by Gasteiger charge is 2.11. The third-order valence-electron chi connectivity index (χ3n) is 5.44. The Balaban J connectivity index is 1.71. The summed E-state index contributed by atoms with van der Waals surface area (Å²) >= 11 is 1.63. The number of nitrogens with zero attached hydrogens (tertiary/aromatic N) is 3. The summed E-state index contributed by atoms with van der Waals surface area (Å²) in [5.74, 6) is 0. The second kappa shape index (κ2) is 9.27. The summed E-state index contributed by atoms with van der Waals surface area (Å²) in [6.07, 6.45) is 1.91. The van der Waals surface area contributed by atoms with Crippen LogP contribution in [0.4, 0.5) is 0 Å². The number of thiazole rings is 1. The molecule has 0 aliphatic rings. The molecule has 4 aromatic rings. The van der Waals surface area contributed by atoms with Crippen molar-refractivity contribution in [3.05, 3.63) is 99.2 Å². The number of hydrogen-bond donors (Lipinski definition) is 0. The summed E-state index contributed by atoms with van der Waals surface area (Å²) in [6, 6.07) is 23.4. The number of aryl methyl sites for hydroxylation is 3. The first kappa shape index (κ1) is 21.0. The average molecular weight is 426 g/mol. The predicted molar refractivity (Wildman–Crippen MR) is 133 cm³/mol. The van der Waals surface area contributed by atoms with Gasteiger partial charge in [0.1, 0.15) is 0 Å². The van der Waals surface area contributed by atoms with Crippen molar-refractivity contribution in [1.29, 1.82) is 0 Å². The molecule has 4 heteroatoms. The zero-order valence-electron chi connectivity index (χ0n) is 18.5. The summed E-state index contributed by atoms with van der Waals surface area (Å²) < 4.78 is 1.97. The van der Waals surface area contributed by atoms with Gasteiger partial charge < -0.3 is 0 Å². The lowest BCUT2D eigenvalue weighted by atomic mass is 9.99. The fraction of sp³-hybridized carbons (Fsp3) is 0.185. The molecule has 0 radical (unpaired) electrons. The summed E-state index contributed by atoms with van der Waals surface area (Å²) in [4.78, 5) is 5.57. The highest BCUT2D eigenvalue weighted by Crippen LogP contribution is 2.27. The number of hydrogen-bond acceptors (Lipinski definition) is 3. The quantitative estimate of drug-likeness (QED) is 0.322. The van der Waals surface area contributed by atoms with Crippen LogP contribution in [0.5, 0.6) is 0 Å². The molecule has 0 spiro atoms. The van der Waals surface area contributed by atoms with Gasteiger partial charge in [-0.3, -0.25) is 4.99 Å². The average Bonchev–Trinajstić information content (AvgIpc) is 3.18. The first-order chi connectivity index (χ1) is 15.1. The van der Waals surface area contributed by atoms with Crippen molar-refractivity contribution < 1.29 is 0 Å². The zero-order chi connectivity index (χ0) is 21.8. The van der Waals surface area contributed by atoms with E-state index in [1.165, 1.54) is 33.4 Å². The Bertz CT molecular complexity index is 1280. The van der Waals surface area contributed by atoms with Crippen LogP contribution < -0.4 is 4.80 Å². The lowest BCUT2D eigenvalue weighted by Gasteiger charge is -2.10. The topological polar surface area (TPSA) is 29.6 Å². The van der Waals surface area contributed by atoms with Crippen LogP contribution >= 0.6 is 11.3 Å². The van der Waals surface area contributed by atoms with Gasteiger partial charge in [0.2, 0.25) is 4.80 Å². The molecule has 0 bridgehead atoms. The SMILES string of the molecule is CCN=c1scc(-c2cc(C)c(C)cc2C)n1N=Cc1ccc(-c2ccccc2)cc1. The first-order valence-electron chi connectivity index (χ1n) is 10.6. The Hall–Kier alpha value is -3.24. The van der Waals surface area contributed by atoms with E-state index < -0.39 is 0 Å². The van der Waals surface area contributed by atoms with Gasteiger partial charge in [0.25, 0.3) is 0 Å². The summed E-state index contributed by atoms with van der Waals surface area (Å²) in [6.45, 7) is 9.25. The van der Waals surface area contributed by atoms with E-state index in [-0.39, 0.29) is 0 Å². The van der Waals surface area contributed by atoms with E-state index in [9.17, 15) is 0 Å². The van der Waals surface area contributed by atoms with Gasteiger partial charge in [0.15, 0.2) is 0 Å². The maximum absolute atomic E-state index is 4.84. The van der Waals surface area contributed by atoms with Crippen molar-refractivity contribution in [2.75, 3.05) is 6.54 Å². The van der Waals surface area contributed by atoms with Gasteiger partial charge in [-0.1, -0.05) is 60.7 Å². The van der Waals surface area contributed by atoms with Crippen molar-refractivity contribution in [2.24, 2.45) is 10.1 Å². The predicted octanol–water partition coefficient (Wildman–Crippen LogP) is 6.61. The van der Waals surface area contributed by atoms with Crippen LogP contribution in [-0.2, 0) is 0 Å². The molecule has 4 rings (SSSR count). The molecule has 0 saturated heterocycles. The Morgan fingerprint density at radius 1 is 0.839 bits per heavy atom. The molecular formula is C27H27N3S. The zero-order valence-corrected chi connectivity index (χ0v) is 19.3. The maximum Gasteiger partial charge on any atom is 0.206 e. The molecule has 0 saturated carbocycles. The molecule has 0 N–H and O–H groups in total. The second-order valence-electron chi connectivity index (χ2n) is 7.67. The van der Waals surface area contributed by atoms with Crippen LogP contribution in [0.15, 0.2) is 82.2 Å². The van der Waals surface area contributed by atoms with Crippen LogP contribution in [0, 0.1) is 20.8 Å². The molecule has 31 heavy (non-hydrogen) atoms. The van der Waals surface area contributed by atoms with Crippen LogP contribution in [0.3, 0.4) is 0 Å². The van der Waals surface area contributed by atoms with E-state index >= 15 is 0 Å². The Morgan fingerprint density at radius 2 is 1.52 bits per heavy atom. The molecule has 3 aromatic carbocycles. The molecule has 156 valence electrons. The molecule has 1 heterocycles. The summed E-state index contributed by atoms with van der Waals surface area (Å²) in [5, 5.41) is 6.99. The monoisotopic (exact) mass is 425 g/mol. The van der Waals surface area contributed by atoms with Crippen molar-refractivity contribution in [3.8, 4) is 22.4 Å². The fourth-order valence-corrected chi connectivity index (χ4v) is 4.49. The Labute approximate surface area is 188 Å². The minimum absolute atomic E-state index is 0.729. The van der Waals surface area contributed by atoms with Gasteiger partial charge in [0, 0.05) is 17.5 Å². The molecular weight excluding hydrogens is 398 g/mol. The van der Waals surface area contributed by atoms with Crippen molar-refractivity contribution in [1.82, 2.24) is 4.68 Å². The van der Waals surface area contributed by atoms with Gasteiger partial charge in [0.05, 0.1) is 11.9 Å². The largest absolute Gasteiger partial charge is 0.258 e. The van der Waals surface area contributed by atoms with Gasteiger partial charge in [-0.25, -0.2) is 4.68 Å². The molecule has 0 unspecified atom stereocenters. The molecule has 3 nitrogen and oxygen atoms in total. The van der Waals surface area contributed by atoms with Crippen molar-refractivity contribution in [2.45, 2.75) is 27.7 Å². The number of benzene rings is 3. The lowest BCUT2D eigenvalue weighted by Crippen LogP contribution is -2.12. The van der Waals surface area contributed by atoms with Gasteiger partial charge in [-0.15, -0.1) is 11.3 Å². The van der Waals surface area contributed by atoms with E-state index in [0.717, 1.165) is 22.6 Å². The molecule has 0 fully saturated rings. The van der Waals surface area contributed by atoms with Crippen molar-refractivity contribution >= 4 is 17.6 Å². The molecule has 1 aromatic heterocycles. The second-order valence-corrected chi connectivity index (χ2v) is 8.51. The minimum atomic E-state index is 0.729. The number of rotatable bonds is 5. The summed E-state index contributed by atoms with van der Waals surface area (Å²) in [7, 11) is 0. The number of aromatic nitrogens is 1. The smallest absolute Gasteiger partial charge is 0.206 e. The van der Waals surface area contributed by atoms with E-state index in [1.807, 2.05) is 17.0 Å². The standard InChI is InChI=1S/C27H27N3S/c1-5-28-27-30(26(18-31-27)25-16-20(3)19(2)15-21(25)4)29-17-22-11-13-24(14-12-22)23-9-7-6-8-10-23/h6-18H,5H2,1-4H3. The van der Waals surface area contributed by atoms with Crippen LogP contribution in [-0.4, -0.2) is 17.4 Å². The molecule has 0 amide bonds. The Kier molecular flexibility index (Phi) is 6.28. The van der Waals surface area contributed by atoms with Gasteiger partial charge >= 0.3 is 0 Å². The highest BCUT2D eigenvalue weighted by molar-refractivity contribution is 7.07. The fourth-order valence-electron chi connectivity index (χ4n) is 3.59. The maximum atomic E-state index is 4.84. The van der Waals surface area contributed by atoms with E-state index in [4.69, 9.17) is 5.10 Å². The van der Waals surface area contributed by atoms with Gasteiger partial charge in [-0.2, -0.15) is 5.10 Å². The lowest BCUT2D eigenvalue weighted by molar-refractivity contribution is 0.832. The molecule has 0 atom stereocenters. The van der Waals surface area contributed by atoms with Crippen LogP contribution in [0.2, 0.25) is 0 Å². The van der Waals surface area contributed by atoms with Crippen LogP contribution in [0.1, 0.15) is 29.2 Å². The van der Waals surface area contributed by atoms with Crippen LogP contribution in [0.25, 0.3) is 22.4 Å². The first-order valence-corrected chi connectivity index (χ1v) is 11.4. The third-order valence-corrected chi connectivity index (χ3v) is 6.29. The normalized spacial score (nSPS) is 12.1. The summed E-state index contributed by atoms with van der Waals surface area (Å²) in [5.41, 5.74) is 9.60. The third kappa shape index (κ3) is 4.59. The highest BCUT2D eigenvalue weighted by atomic mass is 32.1. The van der Waals surface area contributed by atoms with E-state index in [1.54, 1.807) is 11.3 Å². The molecule has 0 aliphatic carbocycles. The minimum Gasteiger partial charge on any atom is -0.258 e. The molecule has 0 aliphatic heterocycles. The van der Waals surface area contributed by atoms with E-state index in [0.29, 0.717) is 0 Å².